The molecule has 3 rings (SSSR count). The third-order valence-electron chi connectivity index (χ3n) is 3.89. The van der Waals surface area contributed by atoms with Crippen molar-refractivity contribution in [1.29, 1.82) is 0 Å². The molecule has 0 spiro atoms. The molecule has 1 atom stereocenters. The Morgan fingerprint density at radius 2 is 2.28 bits per heavy atom. The maximum atomic E-state index is 11.1. The molecule has 0 saturated carbocycles. The molecule has 0 amide bonds. The van der Waals surface area contributed by atoms with E-state index in [1.165, 1.54) is 27.7 Å². The number of fused-ring (bicyclic) bond motifs is 3. The van der Waals surface area contributed by atoms with E-state index in [-0.39, 0.29) is 0 Å². The maximum Gasteiger partial charge on any atom is 0.321 e. The molecule has 2 N–H and O–H groups in total. The molecule has 1 aliphatic rings. The summed E-state index contributed by atoms with van der Waals surface area (Å²) < 4.78 is 2.17. The Balaban J connectivity index is 2.24. The van der Waals surface area contributed by atoms with E-state index in [0.29, 0.717) is 13.0 Å². The van der Waals surface area contributed by atoms with E-state index in [1.807, 2.05) is 13.1 Å². The minimum Gasteiger partial charge on any atom is -0.480 e. The Bertz CT molecular complexity index is 643. The summed E-state index contributed by atoms with van der Waals surface area (Å²) in [6, 6.07) is 5.75. The van der Waals surface area contributed by atoms with Crippen LogP contribution in [-0.2, 0) is 24.8 Å². The van der Waals surface area contributed by atoms with Gasteiger partial charge in [-0.2, -0.15) is 0 Å². The fourth-order valence-corrected chi connectivity index (χ4v) is 2.93. The van der Waals surface area contributed by atoms with Gasteiger partial charge in [-0.3, -0.25) is 10.1 Å². The highest BCUT2D eigenvalue weighted by atomic mass is 16.4. The molecule has 94 valence electrons. The van der Waals surface area contributed by atoms with Crippen molar-refractivity contribution in [2.75, 3.05) is 0 Å². The van der Waals surface area contributed by atoms with E-state index in [9.17, 15) is 4.79 Å². The Hall–Kier alpha value is -1.81. The largest absolute Gasteiger partial charge is 0.480 e. The predicted octanol–water partition coefficient (Wildman–Crippen LogP) is 1.59. The molecule has 4 heteroatoms. The third-order valence-corrected chi connectivity index (χ3v) is 3.89. The van der Waals surface area contributed by atoms with Crippen LogP contribution in [0.25, 0.3) is 10.9 Å². The van der Waals surface area contributed by atoms with Crippen LogP contribution in [0.15, 0.2) is 18.2 Å². The minimum absolute atomic E-state index is 0.470. The molecular weight excluding hydrogens is 228 g/mol. The first-order valence-electron chi connectivity index (χ1n) is 6.11. The lowest BCUT2D eigenvalue weighted by atomic mass is 9.96. The van der Waals surface area contributed by atoms with Gasteiger partial charge >= 0.3 is 5.97 Å². The molecule has 0 fully saturated rings. The number of nitrogens with zero attached hydrogens (tertiary/aromatic N) is 1. The zero-order chi connectivity index (χ0) is 12.9. The number of carboxylic acids is 1. The quantitative estimate of drug-likeness (QED) is 0.801. The fraction of sp³-hybridized carbons (Fsp3) is 0.357. The van der Waals surface area contributed by atoms with Crippen LogP contribution in [0.1, 0.15) is 16.8 Å². The first-order chi connectivity index (χ1) is 8.59. The van der Waals surface area contributed by atoms with Crippen molar-refractivity contribution in [3.05, 3.63) is 35.0 Å². The van der Waals surface area contributed by atoms with E-state index < -0.39 is 12.0 Å². The number of benzene rings is 1. The summed E-state index contributed by atoms with van der Waals surface area (Å²) >= 11 is 0. The molecule has 1 aliphatic heterocycles. The van der Waals surface area contributed by atoms with E-state index in [2.05, 4.69) is 28.9 Å². The topological polar surface area (TPSA) is 54.3 Å². The summed E-state index contributed by atoms with van der Waals surface area (Å²) in [5, 5.41) is 13.4. The fourth-order valence-electron chi connectivity index (χ4n) is 2.93. The Labute approximate surface area is 105 Å². The maximum absolute atomic E-state index is 11.1. The molecule has 1 aromatic heterocycles. The molecule has 1 aromatic carbocycles. The van der Waals surface area contributed by atoms with Crippen molar-refractivity contribution in [2.24, 2.45) is 7.05 Å². The summed E-state index contributed by atoms with van der Waals surface area (Å²) in [4.78, 5) is 11.1. The smallest absolute Gasteiger partial charge is 0.321 e. The van der Waals surface area contributed by atoms with Crippen molar-refractivity contribution >= 4 is 16.9 Å². The Morgan fingerprint density at radius 3 is 3.00 bits per heavy atom. The monoisotopic (exact) mass is 244 g/mol. The normalized spacial score (nSPS) is 18.9. The SMILES string of the molecule is Cc1cccc2c1c1c(n2C)CN[C@H](C(=O)O)C1. The van der Waals surface area contributed by atoms with Gasteiger partial charge in [0.1, 0.15) is 6.04 Å². The zero-order valence-electron chi connectivity index (χ0n) is 10.5. The van der Waals surface area contributed by atoms with Crippen LogP contribution >= 0.6 is 0 Å². The number of hydrogen-bond donors (Lipinski definition) is 2. The Kier molecular flexibility index (Phi) is 2.41. The van der Waals surface area contributed by atoms with E-state index >= 15 is 0 Å². The highest BCUT2D eigenvalue weighted by Gasteiger charge is 2.28. The van der Waals surface area contributed by atoms with Crippen molar-refractivity contribution < 1.29 is 9.90 Å². The predicted molar refractivity (Wildman–Crippen MR) is 69.6 cm³/mol. The second kappa shape index (κ2) is 3.85. The number of aromatic nitrogens is 1. The van der Waals surface area contributed by atoms with Gasteiger partial charge in [-0.25, -0.2) is 0 Å². The highest BCUT2D eigenvalue weighted by Crippen LogP contribution is 2.31. The number of hydrogen-bond acceptors (Lipinski definition) is 2. The van der Waals surface area contributed by atoms with Crippen LogP contribution in [0, 0.1) is 6.92 Å². The third kappa shape index (κ3) is 1.46. The number of carboxylic acid groups (broad SMARTS) is 1. The van der Waals surface area contributed by atoms with Gasteiger partial charge in [-0.15, -0.1) is 0 Å². The molecule has 0 saturated heterocycles. The highest BCUT2D eigenvalue weighted by molar-refractivity contribution is 5.90. The number of aryl methyl sites for hydroxylation is 2. The summed E-state index contributed by atoms with van der Waals surface area (Å²) in [5.74, 6) is -0.772. The molecule has 2 heterocycles. The number of nitrogens with one attached hydrogen (secondary N) is 1. The van der Waals surface area contributed by atoms with E-state index in [0.717, 1.165) is 0 Å². The molecule has 18 heavy (non-hydrogen) atoms. The second-order valence-corrected chi connectivity index (χ2v) is 4.93. The average molecular weight is 244 g/mol. The molecule has 0 unspecified atom stereocenters. The van der Waals surface area contributed by atoms with Crippen LogP contribution in [0.3, 0.4) is 0 Å². The van der Waals surface area contributed by atoms with E-state index in [4.69, 9.17) is 5.11 Å². The summed E-state index contributed by atoms with van der Waals surface area (Å²) in [5.41, 5.74) is 4.80. The molecule has 4 nitrogen and oxygen atoms in total. The first kappa shape index (κ1) is 11.3. The van der Waals surface area contributed by atoms with Crippen molar-refractivity contribution in [1.82, 2.24) is 9.88 Å². The first-order valence-corrected chi connectivity index (χ1v) is 6.11. The van der Waals surface area contributed by atoms with Crippen molar-refractivity contribution in [3.8, 4) is 0 Å². The molecule has 0 radical (unpaired) electrons. The van der Waals surface area contributed by atoms with Gasteiger partial charge in [-0.05, 0) is 24.1 Å². The zero-order valence-corrected chi connectivity index (χ0v) is 10.5. The standard InChI is InChI=1S/C14H16N2O2/c1-8-4-3-5-11-13(8)9-6-10(14(17)18)15-7-12(9)16(11)2/h3-5,10,15H,6-7H2,1-2H3,(H,17,18)/t10-/m0/s1. The van der Waals surface area contributed by atoms with Crippen molar-refractivity contribution in [2.45, 2.75) is 25.9 Å². The van der Waals surface area contributed by atoms with Gasteiger partial charge in [0.15, 0.2) is 0 Å². The van der Waals surface area contributed by atoms with Gasteiger partial charge < -0.3 is 9.67 Å². The molecule has 0 aliphatic carbocycles. The van der Waals surface area contributed by atoms with Gasteiger partial charge in [-0.1, -0.05) is 12.1 Å². The van der Waals surface area contributed by atoms with Gasteiger partial charge in [0.25, 0.3) is 0 Å². The van der Waals surface area contributed by atoms with E-state index in [1.54, 1.807) is 0 Å². The van der Waals surface area contributed by atoms with Crippen LogP contribution in [0.4, 0.5) is 0 Å². The molecular formula is C14H16N2O2. The summed E-state index contributed by atoms with van der Waals surface area (Å²) in [6.45, 7) is 2.71. The Morgan fingerprint density at radius 1 is 1.50 bits per heavy atom. The summed E-state index contributed by atoms with van der Waals surface area (Å²) in [6.07, 6.45) is 0.562. The lowest BCUT2D eigenvalue weighted by Crippen LogP contribution is -2.41. The van der Waals surface area contributed by atoms with Crippen LogP contribution in [0.2, 0.25) is 0 Å². The molecule has 0 bridgehead atoms. The summed E-state index contributed by atoms with van der Waals surface area (Å²) in [7, 11) is 2.05. The number of carbonyl (C=O) groups is 1. The van der Waals surface area contributed by atoms with Crippen LogP contribution in [-0.4, -0.2) is 21.7 Å². The lowest BCUT2D eigenvalue weighted by molar-refractivity contribution is -0.139. The number of aliphatic carboxylic acids is 1. The minimum atomic E-state index is -0.772. The number of rotatable bonds is 1. The average Bonchev–Trinajstić information content (AvgIpc) is 2.64. The van der Waals surface area contributed by atoms with Crippen LogP contribution < -0.4 is 5.32 Å². The van der Waals surface area contributed by atoms with Gasteiger partial charge in [0.2, 0.25) is 0 Å². The molecule has 2 aromatic rings. The lowest BCUT2D eigenvalue weighted by Gasteiger charge is -2.21. The van der Waals surface area contributed by atoms with Gasteiger partial charge in [0, 0.05) is 36.6 Å². The van der Waals surface area contributed by atoms with Crippen LogP contribution in [0.5, 0.6) is 0 Å². The van der Waals surface area contributed by atoms with Gasteiger partial charge in [0.05, 0.1) is 0 Å². The van der Waals surface area contributed by atoms with Crippen molar-refractivity contribution in [3.63, 3.8) is 0 Å². The second-order valence-electron chi connectivity index (χ2n) is 4.93.